The van der Waals surface area contributed by atoms with E-state index in [0.717, 1.165) is 31.4 Å². The second-order valence-corrected chi connectivity index (χ2v) is 6.95. The zero-order chi connectivity index (χ0) is 18.5. The summed E-state index contributed by atoms with van der Waals surface area (Å²) in [5.41, 5.74) is 1.07. The van der Waals surface area contributed by atoms with Crippen molar-refractivity contribution in [3.05, 3.63) is 28.8 Å². The quantitative estimate of drug-likeness (QED) is 0.699. The van der Waals surface area contributed by atoms with Crippen molar-refractivity contribution in [2.75, 3.05) is 7.05 Å². The Morgan fingerprint density at radius 3 is 2.65 bits per heavy atom. The van der Waals surface area contributed by atoms with E-state index in [-0.39, 0.29) is 29.6 Å². The van der Waals surface area contributed by atoms with Crippen molar-refractivity contribution in [2.24, 2.45) is 0 Å². The number of aromatic nitrogens is 5. The predicted octanol–water partition coefficient (Wildman–Crippen LogP) is 1.31. The molecule has 26 heavy (non-hydrogen) atoms. The smallest absolute Gasteiger partial charge is 0.271 e. The molecule has 1 saturated carbocycles. The Labute approximate surface area is 155 Å². The lowest BCUT2D eigenvalue weighted by molar-refractivity contribution is -0.132. The monoisotopic (exact) mass is 379 g/mol. The molecule has 1 aliphatic rings. The zero-order valence-electron chi connectivity index (χ0n) is 14.5. The van der Waals surface area contributed by atoms with E-state index in [0.29, 0.717) is 17.9 Å². The van der Waals surface area contributed by atoms with Gasteiger partial charge in [-0.3, -0.25) is 14.7 Å². The second-order valence-electron chi connectivity index (χ2n) is 6.54. The third-order valence-corrected chi connectivity index (χ3v) is 5.14. The normalized spacial score (nSPS) is 19.9. The van der Waals surface area contributed by atoms with Gasteiger partial charge in [0.1, 0.15) is 5.69 Å². The summed E-state index contributed by atoms with van der Waals surface area (Å²) in [5, 5.41) is 19.9. The molecule has 0 aliphatic heterocycles. The van der Waals surface area contributed by atoms with Gasteiger partial charge in [0.2, 0.25) is 5.91 Å². The number of nitrogens with zero attached hydrogens (tertiary/aromatic N) is 4. The Morgan fingerprint density at radius 2 is 2.04 bits per heavy atom. The molecule has 0 bridgehead atoms. The molecule has 2 heterocycles. The number of carbonyl (C=O) groups excluding carboxylic acids is 2. The summed E-state index contributed by atoms with van der Waals surface area (Å²) in [4.78, 5) is 26.4. The molecule has 0 unspecified atom stereocenters. The van der Waals surface area contributed by atoms with Gasteiger partial charge in [-0.2, -0.15) is 20.5 Å². The summed E-state index contributed by atoms with van der Waals surface area (Å²) in [6.45, 7) is 0. The summed E-state index contributed by atoms with van der Waals surface area (Å²) >= 11 is 5.91. The van der Waals surface area contributed by atoms with Crippen LogP contribution in [0.1, 0.15) is 48.3 Å². The van der Waals surface area contributed by atoms with Gasteiger partial charge in [0.05, 0.1) is 23.1 Å². The molecule has 140 valence electrons. The summed E-state index contributed by atoms with van der Waals surface area (Å²) in [7, 11) is 1.85. The number of amides is 2. The van der Waals surface area contributed by atoms with Gasteiger partial charge in [-0.25, -0.2) is 0 Å². The van der Waals surface area contributed by atoms with Gasteiger partial charge >= 0.3 is 0 Å². The molecule has 10 heteroatoms. The summed E-state index contributed by atoms with van der Waals surface area (Å²) in [5.74, 6) is -0.141. The lowest BCUT2D eigenvalue weighted by Gasteiger charge is -2.35. The molecule has 1 fully saturated rings. The molecule has 2 aromatic rings. The van der Waals surface area contributed by atoms with E-state index in [1.165, 1.54) is 6.20 Å². The van der Waals surface area contributed by atoms with Crippen LogP contribution in [0.15, 0.2) is 12.4 Å². The molecule has 0 radical (unpaired) electrons. The highest BCUT2D eigenvalue weighted by molar-refractivity contribution is 6.33. The Hall–Kier alpha value is -2.42. The molecule has 0 atom stereocenters. The van der Waals surface area contributed by atoms with Crippen LogP contribution >= 0.6 is 11.6 Å². The van der Waals surface area contributed by atoms with Crippen molar-refractivity contribution in [3.63, 3.8) is 0 Å². The lowest BCUT2D eigenvalue weighted by atomic mass is 9.90. The van der Waals surface area contributed by atoms with Gasteiger partial charge < -0.3 is 10.2 Å². The Morgan fingerprint density at radius 1 is 1.27 bits per heavy atom. The van der Waals surface area contributed by atoms with E-state index < -0.39 is 0 Å². The van der Waals surface area contributed by atoms with Gasteiger partial charge in [0.15, 0.2) is 0 Å². The molecular weight excluding hydrogens is 358 g/mol. The second kappa shape index (κ2) is 8.31. The topological polar surface area (TPSA) is 120 Å². The number of H-pyrrole nitrogens is 2. The van der Waals surface area contributed by atoms with Gasteiger partial charge in [0, 0.05) is 32.0 Å². The SMILES string of the molecule is CN(C(=O)CCc1cn[nH]n1)C1CCC(NC(=O)c2[nH]ncc2Cl)CC1. The molecular formula is C16H22ClN7O2. The molecule has 3 rings (SSSR count). The number of rotatable bonds is 6. The van der Waals surface area contributed by atoms with Crippen LogP contribution in [0.4, 0.5) is 0 Å². The van der Waals surface area contributed by atoms with E-state index in [9.17, 15) is 9.59 Å². The first-order chi connectivity index (χ1) is 12.5. The van der Waals surface area contributed by atoms with Crippen LogP contribution in [0.25, 0.3) is 0 Å². The maximum Gasteiger partial charge on any atom is 0.271 e. The fourth-order valence-corrected chi connectivity index (χ4v) is 3.43. The third kappa shape index (κ3) is 4.40. The molecule has 2 aromatic heterocycles. The zero-order valence-corrected chi connectivity index (χ0v) is 15.3. The van der Waals surface area contributed by atoms with Crippen LogP contribution in [-0.2, 0) is 11.2 Å². The number of aryl methyl sites for hydroxylation is 1. The number of hydrogen-bond acceptors (Lipinski definition) is 5. The minimum absolute atomic E-state index is 0.0803. The molecule has 0 saturated heterocycles. The van der Waals surface area contributed by atoms with Crippen molar-refractivity contribution < 1.29 is 9.59 Å². The Bertz CT molecular complexity index is 738. The minimum Gasteiger partial charge on any atom is -0.348 e. The fraction of sp³-hybridized carbons (Fsp3) is 0.562. The average Bonchev–Trinajstić information content (AvgIpc) is 3.31. The molecule has 3 N–H and O–H groups in total. The van der Waals surface area contributed by atoms with E-state index in [2.05, 4.69) is 30.9 Å². The maximum atomic E-state index is 12.4. The molecule has 1 aliphatic carbocycles. The number of hydrogen-bond donors (Lipinski definition) is 3. The minimum atomic E-state index is -0.243. The first-order valence-corrected chi connectivity index (χ1v) is 9.02. The lowest BCUT2D eigenvalue weighted by Crippen LogP contribution is -2.44. The van der Waals surface area contributed by atoms with Crippen molar-refractivity contribution in [1.82, 2.24) is 35.8 Å². The van der Waals surface area contributed by atoms with Crippen LogP contribution in [0.5, 0.6) is 0 Å². The predicted molar refractivity (Wildman–Crippen MR) is 94.6 cm³/mol. The fourth-order valence-electron chi connectivity index (χ4n) is 3.26. The highest BCUT2D eigenvalue weighted by atomic mass is 35.5. The summed E-state index contributed by atoms with van der Waals surface area (Å²) in [6.07, 6.45) is 7.39. The number of carbonyl (C=O) groups is 2. The van der Waals surface area contributed by atoms with Crippen LogP contribution in [0.2, 0.25) is 5.02 Å². The van der Waals surface area contributed by atoms with Crippen molar-refractivity contribution in [1.29, 1.82) is 0 Å². The van der Waals surface area contributed by atoms with Crippen LogP contribution in [0.3, 0.4) is 0 Å². The standard InChI is InChI=1S/C16H22ClN7O2/c1-24(14(25)7-4-11-8-19-23-21-11)12-5-2-10(3-6-12)20-16(26)15-13(17)9-18-22-15/h8-10,12H,2-7H2,1H3,(H,18,22)(H,20,26)(H,19,21,23). The van der Waals surface area contributed by atoms with Crippen molar-refractivity contribution >= 4 is 23.4 Å². The van der Waals surface area contributed by atoms with E-state index in [1.807, 2.05) is 11.9 Å². The molecule has 2 amide bonds. The van der Waals surface area contributed by atoms with E-state index >= 15 is 0 Å². The maximum absolute atomic E-state index is 12.4. The largest absolute Gasteiger partial charge is 0.348 e. The first kappa shape index (κ1) is 18.4. The highest BCUT2D eigenvalue weighted by Gasteiger charge is 2.28. The molecule has 9 nitrogen and oxygen atoms in total. The van der Waals surface area contributed by atoms with Gasteiger partial charge in [-0.1, -0.05) is 11.6 Å². The van der Waals surface area contributed by atoms with Gasteiger partial charge in [0.25, 0.3) is 5.91 Å². The number of aromatic amines is 2. The Kier molecular flexibility index (Phi) is 5.87. The summed E-state index contributed by atoms with van der Waals surface area (Å²) < 4.78 is 0. The number of nitrogens with one attached hydrogen (secondary N) is 3. The van der Waals surface area contributed by atoms with Crippen molar-refractivity contribution in [3.8, 4) is 0 Å². The average molecular weight is 380 g/mol. The van der Waals surface area contributed by atoms with Crippen molar-refractivity contribution in [2.45, 2.75) is 50.6 Å². The van der Waals surface area contributed by atoms with Crippen LogP contribution in [0, 0.1) is 0 Å². The van der Waals surface area contributed by atoms with Crippen LogP contribution < -0.4 is 5.32 Å². The summed E-state index contributed by atoms with van der Waals surface area (Å²) in [6, 6.07) is 0.278. The molecule has 0 aromatic carbocycles. The molecule has 0 spiro atoms. The first-order valence-electron chi connectivity index (χ1n) is 8.64. The highest BCUT2D eigenvalue weighted by Crippen LogP contribution is 2.23. The van der Waals surface area contributed by atoms with E-state index in [1.54, 1.807) is 6.20 Å². The van der Waals surface area contributed by atoms with Gasteiger partial charge in [-0.15, -0.1) is 0 Å². The van der Waals surface area contributed by atoms with Crippen LogP contribution in [-0.4, -0.2) is 61.5 Å². The Balaban J connectivity index is 1.43. The number of halogens is 1. The van der Waals surface area contributed by atoms with Gasteiger partial charge in [-0.05, 0) is 25.7 Å². The third-order valence-electron chi connectivity index (χ3n) is 4.85. The van der Waals surface area contributed by atoms with E-state index in [4.69, 9.17) is 11.6 Å².